The van der Waals surface area contributed by atoms with Gasteiger partial charge in [0.2, 0.25) is 11.8 Å². The number of amides is 2. The summed E-state index contributed by atoms with van der Waals surface area (Å²) in [6.07, 6.45) is 3.61. The first-order valence-corrected chi connectivity index (χ1v) is 10.2. The molecule has 2 amide bonds. The molecule has 2 saturated heterocycles. The number of carbonyl (C=O) groups is 4. The maximum atomic E-state index is 13.7. The summed E-state index contributed by atoms with van der Waals surface area (Å²) in [5.41, 5.74) is 2.04. The zero-order valence-electron chi connectivity index (χ0n) is 17.4. The molecule has 3 heterocycles. The highest BCUT2D eigenvalue weighted by Gasteiger charge is 2.65. The molecular weight excluding hydrogens is 412 g/mol. The molecule has 32 heavy (non-hydrogen) atoms. The van der Waals surface area contributed by atoms with Crippen LogP contribution in [0.1, 0.15) is 27.5 Å². The topological polar surface area (TPSA) is 93.2 Å². The van der Waals surface area contributed by atoms with Crippen LogP contribution in [-0.4, -0.2) is 48.9 Å². The van der Waals surface area contributed by atoms with E-state index >= 15 is 0 Å². The lowest BCUT2D eigenvalue weighted by molar-refractivity contribution is -0.148. The fraction of sp³-hybridized carbons (Fsp3) is 0.250. The Balaban J connectivity index is 1.66. The molecule has 0 aromatic heterocycles. The maximum Gasteiger partial charge on any atom is 0.339 e. The number of hydrogen-bond acceptors (Lipinski definition) is 7. The lowest BCUT2D eigenvalue weighted by Crippen LogP contribution is -2.45. The van der Waals surface area contributed by atoms with Crippen LogP contribution in [-0.2, 0) is 23.9 Å². The van der Waals surface area contributed by atoms with E-state index in [0.717, 1.165) is 16.0 Å². The van der Waals surface area contributed by atoms with Gasteiger partial charge in [0, 0.05) is 6.20 Å². The van der Waals surface area contributed by atoms with Crippen LogP contribution in [0.5, 0.6) is 0 Å². The van der Waals surface area contributed by atoms with Crippen molar-refractivity contribution < 1.29 is 28.7 Å². The Morgan fingerprint density at radius 3 is 2.31 bits per heavy atom. The summed E-state index contributed by atoms with van der Waals surface area (Å²) in [6, 6.07) is 12.4. The molecule has 0 saturated carbocycles. The molecule has 8 nitrogen and oxygen atoms in total. The predicted octanol–water partition coefficient (Wildman–Crippen LogP) is 2.16. The second-order valence-corrected chi connectivity index (χ2v) is 7.88. The zero-order chi connectivity index (χ0) is 22.6. The monoisotopic (exact) mass is 432 g/mol. The van der Waals surface area contributed by atoms with E-state index in [-0.39, 0.29) is 11.3 Å². The summed E-state index contributed by atoms with van der Waals surface area (Å²) in [6.45, 7) is 0. The van der Waals surface area contributed by atoms with Crippen molar-refractivity contribution in [2.75, 3.05) is 19.1 Å². The molecule has 5 rings (SSSR count). The predicted molar refractivity (Wildman–Crippen MR) is 113 cm³/mol. The third-order valence-corrected chi connectivity index (χ3v) is 6.45. The zero-order valence-corrected chi connectivity index (χ0v) is 17.4. The number of esters is 2. The highest BCUT2D eigenvalue weighted by molar-refractivity contribution is 6.25. The molecule has 0 bridgehead atoms. The van der Waals surface area contributed by atoms with Gasteiger partial charge < -0.3 is 14.4 Å². The second kappa shape index (κ2) is 7.33. The summed E-state index contributed by atoms with van der Waals surface area (Å²) in [5.74, 6) is -3.98. The van der Waals surface area contributed by atoms with E-state index < -0.39 is 47.7 Å². The normalized spacial score (nSPS) is 25.3. The summed E-state index contributed by atoms with van der Waals surface area (Å²) in [4.78, 5) is 55.2. The first-order valence-electron chi connectivity index (χ1n) is 10.2. The van der Waals surface area contributed by atoms with Crippen LogP contribution in [0.15, 0.2) is 54.7 Å². The van der Waals surface area contributed by atoms with Gasteiger partial charge in [-0.15, -0.1) is 0 Å². The highest BCUT2D eigenvalue weighted by Crippen LogP contribution is 2.53. The van der Waals surface area contributed by atoms with Crippen LogP contribution in [0.2, 0.25) is 0 Å². The van der Waals surface area contributed by atoms with Crippen molar-refractivity contribution in [1.82, 2.24) is 4.90 Å². The Morgan fingerprint density at radius 1 is 0.875 bits per heavy atom. The molecule has 8 heteroatoms. The molecule has 0 radical (unpaired) electrons. The standard InChI is InChI=1S/C24H20N2O6/c1-31-23(29)15-9-5-6-10-16(15)26-21(27)17-18(22(26)28)20(24(30)32-2)25-12-11-13-7-3-4-8-14(13)19(17)25/h3-12,17-20H,1-2H3/t17-,18-,19-,20+/m1/s1. The Bertz CT molecular complexity index is 1190. The van der Waals surface area contributed by atoms with Gasteiger partial charge >= 0.3 is 11.9 Å². The van der Waals surface area contributed by atoms with Crippen LogP contribution in [0.25, 0.3) is 6.08 Å². The summed E-state index contributed by atoms with van der Waals surface area (Å²) >= 11 is 0. The summed E-state index contributed by atoms with van der Waals surface area (Å²) in [5, 5.41) is 0. The maximum absolute atomic E-state index is 13.7. The minimum atomic E-state index is -0.952. The molecule has 162 valence electrons. The van der Waals surface area contributed by atoms with Crippen molar-refractivity contribution in [2.45, 2.75) is 12.1 Å². The lowest BCUT2D eigenvalue weighted by atomic mass is 9.84. The number of rotatable bonds is 3. The van der Waals surface area contributed by atoms with E-state index in [1.807, 2.05) is 30.3 Å². The van der Waals surface area contributed by atoms with Crippen molar-refractivity contribution in [1.29, 1.82) is 0 Å². The Morgan fingerprint density at radius 2 is 1.56 bits per heavy atom. The van der Waals surface area contributed by atoms with Gasteiger partial charge in [0.1, 0.15) is 6.04 Å². The van der Waals surface area contributed by atoms with Crippen molar-refractivity contribution in [3.63, 3.8) is 0 Å². The van der Waals surface area contributed by atoms with E-state index in [9.17, 15) is 19.2 Å². The first kappa shape index (κ1) is 20.0. The number of methoxy groups -OCH3 is 2. The van der Waals surface area contributed by atoms with Crippen molar-refractivity contribution in [2.24, 2.45) is 11.8 Å². The largest absolute Gasteiger partial charge is 0.467 e. The van der Waals surface area contributed by atoms with Crippen molar-refractivity contribution in [3.8, 4) is 0 Å². The highest BCUT2D eigenvalue weighted by atomic mass is 16.5. The molecule has 3 aliphatic heterocycles. The number of anilines is 1. The molecular formula is C24H20N2O6. The fourth-order valence-electron chi connectivity index (χ4n) is 5.14. The van der Waals surface area contributed by atoms with Crippen LogP contribution < -0.4 is 4.90 Å². The average molecular weight is 432 g/mol. The molecule has 2 aromatic carbocycles. The number of imide groups is 1. The number of ether oxygens (including phenoxy) is 2. The SMILES string of the molecule is COC(=O)c1ccccc1N1C(=O)[C@@H]2[C@@H](C1=O)[C@H]1c3ccccc3C=CN1[C@@H]2C(=O)OC. The van der Waals surface area contributed by atoms with E-state index in [1.165, 1.54) is 26.4 Å². The second-order valence-electron chi connectivity index (χ2n) is 7.88. The number of nitrogens with zero attached hydrogens (tertiary/aromatic N) is 2. The van der Waals surface area contributed by atoms with Crippen LogP contribution in [0, 0.1) is 11.8 Å². The van der Waals surface area contributed by atoms with E-state index in [4.69, 9.17) is 9.47 Å². The Hall–Kier alpha value is -3.94. The minimum Gasteiger partial charge on any atom is -0.467 e. The first-order chi connectivity index (χ1) is 15.5. The molecule has 2 fully saturated rings. The van der Waals surface area contributed by atoms with E-state index in [0.29, 0.717) is 0 Å². The average Bonchev–Trinajstić information content (AvgIpc) is 3.30. The third kappa shape index (κ3) is 2.62. The van der Waals surface area contributed by atoms with E-state index in [1.54, 1.807) is 23.2 Å². The molecule has 0 N–H and O–H groups in total. The molecule has 3 aliphatic rings. The van der Waals surface area contributed by atoms with Gasteiger partial charge in [-0.25, -0.2) is 14.5 Å². The van der Waals surface area contributed by atoms with Gasteiger partial charge in [-0.3, -0.25) is 9.59 Å². The third-order valence-electron chi connectivity index (χ3n) is 6.45. The molecule has 0 unspecified atom stereocenters. The minimum absolute atomic E-state index is 0.104. The van der Waals surface area contributed by atoms with Gasteiger partial charge in [0.05, 0.1) is 43.3 Å². The number of carbonyl (C=O) groups excluding carboxylic acids is 4. The lowest BCUT2D eigenvalue weighted by Gasteiger charge is -2.34. The van der Waals surface area contributed by atoms with Crippen molar-refractivity contribution >= 4 is 35.5 Å². The molecule has 4 atom stereocenters. The Labute approximate surface area is 184 Å². The van der Waals surface area contributed by atoms with Gasteiger partial charge in [0.25, 0.3) is 0 Å². The van der Waals surface area contributed by atoms with E-state index in [2.05, 4.69) is 0 Å². The van der Waals surface area contributed by atoms with Crippen molar-refractivity contribution in [3.05, 3.63) is 71.4 Å². The number of hydrogen-bond donors (Lipinski definition) is 0. The van der Waals surface area contributed by atoms with Gasteiger partial charge in [-0.05, 0) is 29.3 Å². The van der Waals surface area contributed by atoms with Gasteiger partial charge in [0.15, 0.2) is 0 Å². The van der Waals surface area contributed by atoms with Crippen LogP contribution in [0.4, 0.5) is 5.69 Å². The summed E-state index contributed by atoms with van der Waals surface area (Å²) < 4.78 is 9.84. The van der Waals surface area contributed by atoms with Gasteiger partial charge in [-0.2, -0.15) is 0 Å². The molecule has 2 aromatic rings. The Kier molecular flexibility index (Phi) is 4.58. The number of para-hydroxylation sites is 1. The van der Waals surface area contributed by atoms with Crippen LogP contribution in [0.3, 0.4) is 0 Å². The van der Waals surface area contributed by atoms with Crippen LogP contribution >= 0.6 is 0 Å². The summed E-state index contributed by atoms with van der Waals surface area (Å²) in [7, 11) is 2.50. The van der Waals surface area contributed by atoms with Gasteiger partial charge in [-0.1, -0.05) is 36.4 Å². The smallest absolute Gasteiger partial charge is 0.339 e. The molecule has 0 aliphatic carbocycles. The fourth-order valence-corrected chi connectivity index (χ4v) is 5.14. The number of benzene rings is 2. The molecule has 0 spiro atoms. The number of fused-ring (bicyclic) bond motifs is 5. The quantitative estimate of drug-likeness (QED) is 0.542.